The van der Waals surface area contributed by atoms with E-state index in [0.717, 1.165) is 19.5 Å². The van der Waals surface area contributed by atoms with Crippen LogP contribution >= 0.6 is 0 Å². The summed E-state index contributed by atoms with van der Waals surface area (Å²) >= 11 is 0. The van der Waals surface area contributed by atoms with E-state index >= 15 is 0 Å². The van der Waals surface area contributed by atoms with Crippen molar-refractivity contribution in [1.82, 2.24) is 9.62 Å². The van der Waals surface area contributed by atoms with Gasteiger partial charge in [-0.15, -0.1) is 0 Å². The molecule has 0 atom stereocenters. The SMILES string of the molecule is COc1ccc(S(=O)(=O)NCCCN(C)Cc2ccccc2)cc1OC. The van der Waals surface area contributed by atoms with Crippen molar-refractivity contribution < 1.29 is 17.9 Å². The Bertz CT molecular complexity index is 794. The summed E-state index contributed by atoms with van der Waals surface area (Å²) in [5.74, 6) is 0.881. The van der Waals surface area contributed by atoms with Crippen LogP contribution in [0.2, 0.25) is 0 Å². The molecule has 0 radical (unpaired) electrons. The van der Waals surface area contributed by atoms with Crippen LogP contribution in [0, 0.1) is 0 Å². The van der Waals surface area contributed by atoms with Crippen molar-refractivity contribution in [3.8, 4) is 11.5 Å². The number of ether oxygens (including phenoxy) is 2. The zero-order valence-electron chi connectivity index (χ0n) is 15.4. The summed E-state index contributed by atoms with van der Waals surface area (Å²) in [6, 6.07) is 14.7. The second-order valence-electron chi connectivity index (χ2n) is 5.99. The number of methoxy groups -OCH3 is 2. The molecule has 0 bridgehead atoms. The Kier molecular flexibility index (Phi) is 7.44. The molecule has 0 spiro atoms. The average Bonchev–Trinajstić information content (AvgIpc) is 2.65. The third-order valence-corrected chi connectivity index (χ3v) is 5.43. The molecule has 0 aliphatic rings. The molecule has 2 aromatic carbocycles. The second-order valence-corrected chi connectivity index (χ2v) is 7.76. The maximum atomic E-state index is 12.4. The molecule has 0 fully saturated rings. The molecule has 0 amide bonds. The Balaban J connectivity index is 1.84. The molecule has 6 nitrogen and oxygen atoms in total. The lowest BCUT2D eigenvalue weighted by molar-refractivity contribution is 0.322. The van der Waals surface area contributed by atoms with E-state index in [9.17, 15) is 8.42 Å². The zero-order chi connectivity index (χ0) is 19.0. The lowest BCUT2D eigenvalue weighted by Crippen LogP contribution is -2.28. The van der Waals surface area contributed by atoms with Crippen LogP contribution in [0.4, 0.5) is 0 Å². The van der Waals surface area contributed by atoms with Crippen LogP contribution in [0.15, 0.2) is 53.4 Å². The van der Waals surface area contributed by atoms with Gasteiger partial charge in [0.15, 0.2) is 11.5 Å². The minimum absolute atomic E-state index is 0.160. The van der Waals surface area contributed by atoms with Gasteiger partial charge in [-0.2, -0.15) is 0 Å². The summed E-state index contributed by atoms with van der Waals surface area (Å²) in [7, 11) is 1.43. The van der Waals surface area contributed by atoms with Crippen molar-refractivity contribution in [1.29, 1.82) is 0 Å². The summed E-state index contributed by atoms with van der Waals surface area (Å²) < 4.78 is 37.8. The van der Waals surface area contributed by atoms with E-state index in [4.69, 9.17) is 9.47 Å². The lowest BCUT2D eigenvalue weighted by Gasteiger charge is -2.17. The number of nitrogens with zero attached hydrogens (tertiary/aromatic N) is 1. The Labute approximate surface area is 155 Å². The fourth-order valence-corrected chi connectivity index (χ4v) is 3.69. The Morgan fingerprint density at radius 2 is 1.69 bits per heavy atom. The molecule has 7 heteroatoms. The van der Waals surface area contributed by atoms with Crippen LogP contribution in [0.25, 0.3) is 0 Å². The van der Waals surface area contributed by atoms with E-state index in [1.54, 1.807) is 6.07 Å². The van der Waals surface area contributed by atoms with Gasteiger partial charge in [-0.25, -0.2) is 13.1 Å². The highest BCUT2D eigenvalue weighted by atomic mass is 32.2. The van der Waals surface area contributed by atoms with Crippen LogP contribution in [0.5, 0.6) is 11.5 Å². The zero-order valence-corrected chi connectivity index (χ0v) is 16.3. The van der Waals surface area contributed by atoms with Crippen molar-refractivity contribution in [2.45, 2.75) is 17.9 Å². The van der Waals surface area contributed by atoms with Crippen molar-refractivity contribution in [3.05, 3.63) is 54.1 Å². The van der Waals surface area contributed by atoms with Crippen molar-refractivity contribution in [2.75, 3.05) is 34.4 Å². The quantitative estimate of drug-likeness (QED) is 0.644. The molecule has 0 unspecified atom stereocenters. The summed E-state index contributed by atoms with van der Waals surface area (Å²) in [4.78, 5) is 2.33. The lowest BCUT2D eigenvalue weighted by atomic mass is 10.2. The molecule has 26 heavy (non-hydrogen) atoms. The third kappa shape index (κ3) is 5.72. The monoisotopic (exact) mass is 378 g/mol. The maximum absolute atomic E-state index is 12.4. The van der Waals surface area contributed by atoms with Crippen molar-refractivity contribution >= 4 is 10.0 Å². The van der Waals surface area contributed by atoms with Gasteiger partial charge in [-0.3, -0.25) is 0 Å². The molecule has 0 aliphatic carbocycles. The standard InChI is InChI=1S/C19H26N2O4S/c1-21(15-16-8-5-4-6-9-16)13-7-12-20-26(22,23)17-10-11-18(24-2)19(14-17)25-3/h4-6,8-11,14,20H,7,12-13,15H2,1-3H3. The highest BCUT2D eigenvalue weighted by Crippen LogP contribution is 2.29. The summed E-state index contributed by atoms with van der Waals surface area (Å²) in [5.41, 5.74) is 1.24. The first-order chi connectivity index (χ1) is 12.5. The van der Waals surface area contributed by atoms with E-state index in [-0.39, 0.29) is 4.90 Å². The molecule has 0 saturated heterocycles. The number of hydrogen-bond acceptors (Lipinski definition) is 5. The van der Waals surface area contributed by atoms with Crippen LogP contribution in [0.3, 0.4) is 0 Å². The van der Waals surface area contributed by atoms with E-state index in [1.165, 1.54) is 31.9 Å². The van der Waals surface area contributed by atoms with Crippen LogP contribution in [0.1, 0.15) is 12.0 Å². The van der Waals surface area contributed by atoms with Crippen LogP contribution in [-0.4, -0.2) is 47.7 Å². The number of nitrogens with one attached hydrogen (secondary N) is 1. The number of benzene rings is 2. The minimum Gasteiger partial charge on any atom is -0.493 e. The molecule has 2 aromatic rings. The van der Waals surface area contributed by atoms with Crippen LogP contribution < -0.4 is 14.2 Å². The number of sulfonamides is 1. The molecule has 0 saturated carbocycles. The fraction of sp³-hybridized carbons (Fsp3) is 0.368. The van der Waals surface area contributed by atoms with Gasteiger partial charge in [0.1, 0.15) is 0 Å². The molecule has 0 heterocycles. The Morgan fingerprint density at radius 3 is 2.35 bits per heavy atom. The first kappa shape index (κ1) is 20.2. The van der Waals surface area contributed by atoms with Gasteiger partial charge in [0, 0.05) is 19.2 Å². The van der Waals surface area contributed by atoms with E-state index in [2.05, 4.69) is 21.8 Å². The largest absolute Gasteiger partial charge is 0.493 e. The smallest absolute Gasteiger partial charge is 0.240 e. The van der Waals surface area contributed by atoms with E-state index in [1.807, 2.05) is 25.2 Å². The van der Waals surface area contributed by atoms with Gasteiger partial charge in [0.05, 0.1) is 19.1 Å². The normalized spacial score (nSPS) is 11.5. The maximum Gasteiger partial charge on any atom is 0.240 e. The minimum atomic E-state index is -3.58. The molecule has 0 aliphatic heterocycles. The van der Waals surface area contributed by atoms with Gasteiger partial charge >= 0.3 is 0 Å². The summed E-state index contributed by atoms with van der Waals surface area (Å²) in [6.07, 6.45) is 0.718. The first-order valence-electron chi connectivity index (χ1n) is 8.40. The molecule has 2 rings (SSSR count). The molecule has 142 valence electrons. The van der Waals surface area contributed by atoms with Gasteiger partial charge in [0.2, 0.25) is 10.0 Å². The highest BCUT2D eigenvalue weighted by Gasteiger charge is 2.16. The first-order valence-corrected chi connectivity index (χ1v) is 9.88. The average molecular weight is 378 g/mol. The summed E-state index contributed by atoms with van der Waals surface area (Å²) in [6.45, 7) is 2.00. The molecule has 1 N–H and O–H groups in total. The van der Waals surface area contributed by atoms with Gasteiger partial charge < -0.3 is 14.4 Å². The van der Waals surface area contributed by atoms with Crippen molar-refractivity contribution in [3.63, 3.8) is 0 Å². The highest BCUT2D eigenvalue weighted by molar-refractivity contribution is 7.89. The molecule has 0 aromatic heterocycles. The molecular weight excluding hydrogens is 352 g/mol. The predicted molar refractivity (Wildman–Crippen MR) is 102 cm³/mol. The second kappa shape index (κ2) is 9.56. The number of hydrogen-bond donors (Lipinski definition) is 1. The fourth-order valence-electron chi connectivity index (χ4n) is 2.60. The van der Waals surface area contributed by atoms with Crippen LogP contribution in [-0.2, 0) is 16.6 Å². The van der Waals surface area contributed by atoms with Gasteiger partial charge in [-0.05, 0) is 37.7 Å². The van der Waals surface area contributed by atoms with Gasteiger partial charge in [-0.1, -0.05) is 30.3 Å². The third-order valence-electron chi connectivity index (χ3n) is 3.97. The predicted octanol–water partition coefficient (Wildman–Crippen LogP) is 2.50. The van der Waals surface area contributed by atoms with Gasteiger partial charge in [0.25, 0.3) is 0 Å². The Hall–Kier alpha value is -2.09. The van der Waals surface area contributed by atoms with E-state index in [0.29, 0.717) is 18.0 Å². The topological polar surface area (TPSA) is 67.9 Å². The number of rotatable bonds is 10. The summed E-state index contributed by atoms with van der Waals surface area (Å²) in [5, 5.41) is 0. The Morgan fingerprint density at radius 1 is 1.00 bits per heavy atom. The molecular formula is C19H26N2O4S. The van der Waals surface area contributed by atoms with Crippen molar-refractivity contribution in [2.24, 2.45) is 0 Å². The van der Waals surface area contributed by atoms with E-state index < -0.39 is 10.0 Å².